The molecule has 1 aliphatic carbocycles. The first-order chi connectivity index (χ1) is 9.56. The van der Waals surface area contributed by atoms with Crippen molar-refractivity contribution in [3.63, 3.8) is 0 Å². The van der Waals surface area contributed by atoms with Crippen LogP contribution in [-0.2, 0) is 12.8 Å². The highest BCUT2D eigenvalue weighted by molar-refractivity contribution is 5.88. The lowest BCUT2D eigenvalue weighted by molar-refractivity contribution is 0.121. The van der Waals surface area contributed by atoms with Crippen molar-refractivity contribution < 1.29 is 5.11 Å². The molecule has 2 aromatic rings. The molecule has 1 atom stereocenters. The van der Waals surface area contributed by atoms with Crippen molar-refractivity contribution in [3.8, 4) is 0 Å². The lowest BCUT2D eigenvalue weighted by atomic mass is 9.95. The zero-order chi connectivity index (χ0) is 14.3. The smallest absolute Gasteiger partial charge is 0.164 e. The first kappa shape index (κ1) is 13.3. The summed E-state index contributed by atoms with van der Waals surface area (Å²) in [4.78, 5) is 12.1. The topological polar surface area (TPSA) is 99.8 Å². The van der Waals surface area contributed by atoms with Crippen molar-refractivity contribution in [1.82, 2.24) is 20.3 Å². The molecule has 0 saturated heterocycles. The summed E-state index contributed by atoms with van der Waals surface area (Å²) in [7, 11) is 0. The number of aryl methyl sites for hydroxylation is 2. The monoisotopic (exact) mass is 275 g/mol. The Morgan fingerprint density at radius 2 is 2.00 bits per heavy atom. The van der Waals surface area contributed by atoms with Crippen LogP contribution >= 0.6 is 0 Å². The Kier molecular flexibility index (Phi) is 3.35. The molecule has 2 heterocycles. The highest BCUT2D eigenvalue weighted by Gasteiger charge is 2.21. The van der Waals surface area contributed by atoms with E-state index in [1.165, 1.54) is 5.56 Å². The van der Waals surface area contributed by atoms with E-state index in [9.17, 15) is 5.11 Å². The number of nitrogens with two attached hydrogens (primary N) is 1. The fraction of sp³-hybridized carbons (Fsp3) is 0.571. The minimum Gasteiger partial charge on any atom is -0.382 e. The van der Waals surface area contributed by atoms with Crippen LogP contribution in [0.4, 0.5) is 5.82 Å². The van der Waals surface area contributed by atoms with Crippen molar-refractivity contribution >= 4 is 16.9 Å². The second-order valence-corrected chi connectivity index (χ2v) is 5.70. The van der Waals surface area contributed by atoms with Gasteiger partial charge < -0.3 is 15.8 Å². The number of aromatic nitrogens is 3. The Balaban J connectivity index is 2.08. The number of aromatic amines is 1. The van der Waals surface area contributed by atoms with E-state index in [2.05, 4.69) is 20.3 Å². The van der Waals surface area contributed by atoms with Crippen molar-refractivity contribution in [1.29, 1.82) is 0 Å². The molecule has 0 aromatic carbocycles. The molecule has 0 aliphatic heterocycles. The first-order valence-electron chi connectivity index (χ1n) is 7.17. The lowest BCUT2D eigenvalue weighted by Crippen LogP contribution is -2.28. The standard InChI is InChI=1S/C14H21N5O/c1-7(2)16-14(20)13-18-10-8-5-3-4-6-9(8)17-12(15)11(10)19-13/h7,14,16,20H,3-6H2,1-2H3,(H2,15,17)(H,18,19). The van der Waals surface area contributed by atoms with Gasteiger partial charge in [-0.1, -0.05) is 0 Å². The summed E-state index contributed by atoms with van der Waals surface area (Å²) in [6.45, 7) is 3.95. The van der Waals surface area contributed by atoms with Gasteiger partial charge in [0.15, 0.2) is 17.9 Å². The number of anilines is 1. The molecule has 0 fully saturated rings. The maximum absolute atomic E-state index is 10.1. The number of aliphatic hydroxyl groups excluding tert-OH is 1. The summed E-state index contributed by atoms with van der Waals surface area (Å²) in [5, 5.41) is 13.1. The fourth-order valence-electron chi connectivity index (χ4n) is 2.80. The van der Waals surface area contributed by atoms with E-state index >= 15 is 0 Å². The van der Waals surface area contributed by atoms with Crippen LogP contribution in [-0.4, -0.2) is 26.1 Å². The van der Waals surface area contributed by atoms with Crippen molar-refractivity contribution in [2.75, 3.05) is 5.73 Å². The molecule has 20 heavy (non-hydrogen) atoms. The quantitative estimate of drug-likeness (QED) is 0.635. The fourth-order valence-corrected chi connectivity index (χ4v) is 2.80. The molecule has 0 bridgehead atoms. The van der Waals surface area contributed by atoms with Gasteiger partial charge in [0.1, 0.15) is 5.52 Å². The number of pyridine rings is 1. The number of fused-ring (bicyclic) bond motifs is 3. The second kappa shape index (κ2) is 5.03. The third kappa shape index (κ3) is 2.25. The zero-order valence-corrected chi connectivity index (χ0v) is 11.9. The Morgan fingerprint density at radius 3 is 2.75 bits per heavy atom. The van der Waals surface area contributed by atoms with E-state index in [0.717, 1.165) is 36.9 Å². The summed E-state index contributed by atoms with van der Waals surface area (Å²) in [6.07, 6.45) is 3.46. The summed E-state index contributed by atoms with van der Waals surface area (Å²) >= 11 is 0. The second-order valence-electron chi connectivity index (χ2n) is 5.70. The summed E-state index contributed by atoms with van der Waals surface area (Å²) < 4.78 is 0. The number of nitrogens with zero attached hydrogens (tertiary/aromatic N) is 2. The molecule has 6 heteroatoms. The third-order valence-corrected chi connectivity index (χ3v) is 3.71. The molecule has 3 rings (SSSR count). The first-order valence-corrected chi connectivity index (χ1v) is 7.17. The van der Waals surface area contributed by atoms with Crippen LogP contribution in [0.25, 0.3) is 11.0 Å². The van der Waals surface area contributed by atoms with Crippen LogP contribution < -0.4 is 11.1 Å². The van der Waals surface area contributed by atoms with E-state index in [-0.39, 0.29) is 6.04 Å². The molecule has 5 N–H and O–H groups in total. The lowest BCUT2D eigenvalue weighted by Gasteiger charge is -2.15. The van der Waals surface area contributed by atoms with Crippen molar-refractivity contribution in [2.45, 2.75) is 51.8 Å². The average Bonchev–Trinajstić information content (AvgIpc) is 2.84. The van der Waals surface area contributed by atoms with Gasteiger partial charge >= 0.3 is 0 Å². The number of nitrogens with one attached hydrogen (secondary N) is 2. The normalized spacial score (nSPS) is 16.6. The number of nitrogen functional groups attached to an aromatic ring is 1. The van der Waals surface area contributed by atoms with E-state index in [4.69, 9.17) is 5.73 Å². The number of H-pyrrole nitrogens is 1. The number of rotatable bonds is 3. The third-order valence-electron chi connectivity index (χ3n) is 3.71. The van der Waals surface area contributed by atoms with Gasteiger partial charge in [0, 0.05) is 11.7 Å². The molecule has 0 saturated carbocycles. The van der Waals surface area contributed by atoms with E-state index in [1.54, 1.807) is 0 Å². The average molecular weight is 275 g/mol. The van der Waals surface area contributed by atoms with Gasteiger partial charge in [-0.25, -0.2) is 9.97 Å². The summed E-state index contributed by atoms with van der Waals surface area (Å²) in [5.74, 6) is 0.945. The van der Waals surface area contributed by atoms with Crippen LogP contribution in [0, 0.1) is 0 Å². The van der Waals surface area contributed by atoms with Crippen LogP contribution in [0.3, 0.4) is 0 Å². The largest absolute Gasteiger partial charge is 0.382 e. The highest BCUT2D eigenvalue weighted by atomic mass is 16.3. The van der Waals surface area contributed by atoms with Crippen molar-refractivity contribution in [2.24, 2.45) is 0 Å². The van der Waals surface area contributed by atoms with Crippen LogP contribution in [0.1, 0.15) is 50.0 Å². The molecule has 0 spiro atoms. The predicted molar refractivity (Wildman–Crippen MR) is 78.2 cm³/mol. The van der Waals surface area contributed by atoms with Crippen LogP contribution in [0.2, 0.25) is 0 Å². The van der Waals surface area contributed by atoms with Gasteiger partial charge in [0.25, 0.3) is 0 Å². The minimum atomic E-state index is -0.818. The Morgan fingerprint density at radius 1 is 1.25 bits per heavy atom. The van der Waals surface area contributed by atoms with Crippen molar-refractivity contribution in [3.05, 3.63) is 17.1 Å². The molecule has 108 valence electrons. The molecular weight excluding hydrogens is 254 g/mol. The highest BCUT2D eigenvalue weighted by Crippen LogP contribution is 2.30. The number of imidazole rings is 1. The molecule has 0 radical (unpaired) electrons. The minimum absolute atomic E-state index is 0.169. The van der Waals surface area contributed by atoms with Gasteiger partial charge in [-0.3, -0.25) is 5.32 Å². The van der Waals surface area contributed by atoms with Crippen LogP contribution in [0.15, 0.2) is 0 Å². The Bertz CT molecular complexity index is 634. The van der Waals surface area contributed by atoms with Gasteiger partial charge in [0.2, 0.25) is 0 Å². The zero-order valence-electron chi connectivity index (χ0n) is 11.9. The van der Waals surface area contributed by atoms with E-state index < -0.39 is 6.23 Å². The maximum atomic E-state index is 10.1. The molecule has 2 aromatic heterocycles. The molecule has 0 amide bonds. The molecular formula is C14H21N5O. The SMILES string of the molecule is CC(C)NC(O)c1nc2c(N)nc3c(c2[nH]1)CCCC3. The number of hydrogen-bond donors (Lipinski definition) is 4. The van der Waals surface area contributed by atoms with Crippen LogP contribution in [0.5, 0.6) is 0 Å². The Hall–Kier alpha value is -1.66. The summed E-state index contributed by atoms with van der Waals surface area (Å²) in [6, 6.07) is 0.169. The van der Waals surface area contributed by atoms with E-state index in [0.29, 0.717) is 17.2 Å². The van der Waals surface area contributed by atoms with E-state index in [1.807, 2.05) is 13.8 Å². The molecule has 1 aliphatic rings. The van der Waals surface area contributed by atoms with Gasteiger partial charge in [-0.2, -0.15) is 0 Å². The van der Waals surface area contributed by atoms with Gasteiger partial charge in [-0.05, 0) is 45.1 Å². The maximum Gasteiger partial charge on any atom is 0.164 e. The van der Waals surface area contributed by atoms with Gasteiger partial charge in [-0.15, -0.1) is 0 Å². The summed E-state index contributed by atoms with van der Waals surface area (Å²) in [5.41, 5.74) is 9.88. The number of aliphatic hydroxyl groups is 1. The predicted octanol–water partition coefficient (Wildman–Crippen LogP) is 1.41. The Labute approximate surface area is 117 Å². The van der Waals surface area contributed by atoms with Gasteiger partial charge in [0.05, 0.1) is 5.52 Å². The molecule has 1 unspecified atom stereocenters. The number of hydrogen-bond acceptors (Lipinski definition) is 5. The molecule has 6 nitrogen and oxygen atoms in total.